The maximum atomic E-state index is 12.0. The lowest BCUT2D eigenvalue weighted by atomic mass is 10.1. The molecule has 20 heavy (non-hydrogen) atoms. The predicted octanol–water partition coefficient (Wildman–Crippen LogP) is 2.52. The van der Waals surface area contributed by atoms with Gasteiger partial charge in [0, 0.05) is 18.8 Å². The summed E-state index contributed by atoms with van der Waals surface area (Å²) in [4.78, 5) is 18.5. The van der Waals surface area contributed by atoms with Crippen molar-refractivity contribution < 1.29 is 4.79 Å². The number of hydrogen-bond acceptors (Lipinski definition) is 3. The summed E-state index contributed by atoms with van der Waals surface area (Å²) in [5.41, 5.74) is 1.13. The third-order valence-corrected chi connectivity index (χ3v) is 3.93. The van der Waals surface area contributed by atoms with Gasteiger partial charge in [-0.15, -0.1) is 0 Å². The third-order valence-electron chi connectivity index (χ3n) is 3.93. The van der Waals surface area contributed by atoms with Crippen LogP contribution in [-0.4, -0.2) is 35.4 Å². The van der Waals surface area contributed by atoms with Gasteiger partial charge in [-0.1, -0.05) is 6.92 Å². The summed E-state index contributed by atoms with van der Waals surface area (Å²) < 4.78 is 0. The molecule has 0 aliphatic carbocycles. The third kappa shape index (κ3) is 4.60. The summed E-state index contributed by atoms with van der Waals surface area (Å²) in [5, 5.41) is 3.12. The molecular formula is C16H25N3O. The van der Waals surface area contributed by atoms with Crippen molar-refractivity contribution in [1.29, 1.82) is 0 Å². The molecule has 4 nitrogen and oxygen atoms in total. The van der Waals surface area contributed by atoms with Crippen LogP contribution in [0.3, 0.4) is 0 Å². The summed E-state index contributed by atoms with van der Waals surface area (Å²) in [5.74, 6) is 0.160. The number of likely N-dealkylation sites (tertiary alicyclic amines) is 1. The lowest BCUT2D eigenvalue weighted by Crippen LogP contribution is -2.29. The summed E-state index contributed by atoms with van der Waals surface area (Å²) in [6.07, 6.45) is 8.66. The van der Waals surface area contributed by atoms with Crippen molar-refractivity contribution in [2.75, 3.05) is 19.6 Å². The van der Waals surface area contributed by atoms with Crippen LogP contribution < -0.4 is 5.32 Å². The smallest absolute Gasteiger partial charge is 0.220 e. The number of rotatable bonds is 7. The first kappa shape index (κ1) is 15.0. The highest BCUT2D eigenvalue weighted by atomic mass is 16.1. The Balaban J connectivity index is 1.72. The van der Waals surface area contributed by atoms with Crippen molar-refractivity contribution in [3.05, 3.63) is 30.1 Å². The zero-order valence-electron chi connectivity index (χ0n) is 12.3. The molecule has 0 unspecified atom stereocenters. The number of carbonyl (C=O) groups is 1. The fraction of sp³-hybridized carbons (Fsp3) is 0.625. The second kappa shape index (κ2) is 8.00. The number of hydrogen-bond donors (Lipinski definition) is 1. The van der Waals surface area contributed by atoms with Gasteiger partial charge in [0.05, 0.1) is 6.04 Å². The number of nitrogens with zero attached hydrogens (tertiary/aromatic N) is 2. The van der Waals surface area contributed by atoms with Crippen molar-refractivity contribution in [1.82, 2.24) is 15.2 Å². The van der Waals surface area contributed by atoms with Crippen molar-refractivity contribution in [2.45, 2.75) is 45.1 Å². The van der Waals surface area contributed by atoms with Gasteiger partial charge in [0.15, 0.2) is 0 Å². The monoisotopic (exact) mass is 275 g/mol. The lowest BCUT2D eigenvalue weighted by molar-refractivity contribution is -0.122. The second-order valence-corrected chi connectivity index (χ2v) is 5.46. The van der Waals surface area contributed by atoms with E-state index in [4.69, 9.17) is 0 Å². The quantitative estimate of drug-likeness (QED) is 0.831. The SMILES string of the molecule is CC[C@@H](NC(=O)CCCN1CCCC1)c1ccncc1. The van der Waals surface area contributed by atoms with E-state index in [1.165, 1.54) is 25.9 Å². The van der Waals surface area contributed by atoms with Crippen LogP contribution in [0.15, 0.2) is 24.5 Å². The number of nitrogens with one attached hydrogen (secondary N) is 1. The van der Waals surface area contributed by atoms with Crippen molar-refractivity contribution in [2.24, 2.45) is 0 Å². The van der Waals surface area contributed by atoms with E-state index in [1.54, 1.807) is 12.4 Å². The van der Waals surface area contributed by atoms with Gasteiger partial charge in [0.1, 0.15) is 0 Å². The molecule has 1 amide bonds. The highest BCUT2D eigenvalue weighted by Gasteiger charge is 2.14. The molecule has 1 aromatic rings. The van der Waals surface area contributed by atoms with Gasteiger partial charge in [-0.2, -0.15) is 0 Å². The van der Waals surface area contributed by atoms with Crippen LogP contribution in [-0.2, 0) is 4.79 Å². The van der Waals surface area contributed by atoms with Crippen molar-refractivity contribution in [3.8, 4) is 0 Å². The van der Waals surface area contributed by atoms with Gasteiger partial charge in [-0.3, -0.25) is 9.78 Å². The molecule has 2 heterocycles. The van der Waals surface area contributed by atoms with E-state index < -0.39 is 0 Å². The maximum Gasteiger partial charge on any atom is 0.220 e. The van der Waals surface area contributed by atoms with Crippen LogP contribution in [0.25, 0.3) is 0 Å². The predicted molar refractivity (Wildman–Crippen MR) is 80.3 cm³/mol. The fourth-order valence-corrected chi connectivity index (χ4v) is 2.75. The molecule has 0 bridgehead atoms. The van der Waals surface area contributed by atoms with E-state index in [1.807, 2.05) is 12.1 Å². The average Bonchev–Trinajstić information content (AvgIpc) is 2.99. The van der Waals surface area contributed by atoms with Crippen LogP contribution in [0.2, 0.25) is 0 Å². The molecule has 0 radical (unpaired) electrons. The fourth-order valence-electron chi connectivity index (χ4n) is 2.75. The number of carbonyl (C=O) groups excluding carboxylic acids is 1. The summed E-state index contributed by atoms with van der Waals surface area (Å²) >= 11 is 0. The minimum absolute atomic E-state index is 0.109. The van der Waals surface area contributed by atoms with Gasteiger partial charge in [0.2, 0.25) is 5.91 Å². The molecule has 4 heteroatoms. The molecule has 1 atom stereocenters. The largest absolute Gasteiger partial charge is 0.349 e. The van der Waals surface area contributed by atoms with E-state index in [0.717, 1.165) is 24.9 Å². The number of amides is 1. The second-order valence-electron chi connectivity index (χ2n) is 5.46. The molecule has 0 saturated carbocycles. The molecule has 0 spiro atoms. The number of aromatic nitrogens is 1. The normalized spacial score (nSPS) is 17.1. The zero-order chi connectivity index (χ0) is 14.2. The van der Waals surface area contributed by atoms with E-state index in [-0.39, 0.29) is 11.9 Å². The Hall–Kier alpha value is -1.42. The maximum absolute atomic E-state index is 12.0. The molecule has 2 rings (SSSR count). The molecule has 1 fully saturated rings. The minimum atomic E-state index is 0.109. The van der Waals surface area contributed by atoms with Gasteiger partial charge < -0.3 is 10.2 Å². The van der Waals surface area contributed by atoms with E-state index in [9.17, 15) is 4.79 Å². The van der Waals surface area contributed by atoms with Crippen molar-refractivity contribution in [3.63, 3.8) is 0 Å². The average molecular weight is 275 g/mol. The first-order valence-electron chi connectivity index (χ1n) is 7.71. The Morgan fingerprint density at radius 2 is 2.05 bits per heavy atom. The summed E-state index contributed by atoms with van der Waals surface area (Å²) in [6, 6.07) is 4.05. The Morgan fingerprint density at radius 1 is 1.35 bits per heavy atom. The molecule has 1 aliphatic heterocycles. The topological polar surface area (TPSA) is 45.2 Å². The van der Waals surface area contributed by atoms with Gasteiger partial charge in [-0.05, 0) is 63.0 Å². The van der Waals surface area contributed by atoms with E-state index >= 15 is 0 Å². The molecule has 110 valence electrons. The number of pyridine rings is 1. The van der Waals surface area contributed by atoms with Crippen LogP contribution in [0, 0.1) is 0 Å². The molecule has 1 N–H and O–H groups in total. The minimum Gasteiger partial charge on any atom is -0.349 e. The first-order valence-corrected chi connectivity index (χ1v) is 7.71. The van der Waals surface area contributed by atoms with Crippen LogP contribution >= 0.6 is 0 Å². The Kier molecular flexibility index (Phi) is 5.99. The van der Waals surface area contributed by atoms with Crippen LogP contribution in [0.5, 0.6) is 0 Å². The zero-order valence-corrected chi connectivity index (χ0v) is 12.3. The molecular weight excluding hydrogens is 250 g/mol. The lowest BCUT2D eigenvalue weighted by Gasteiger charge is -2.18. The van der Waals surface area contributed by atoms with Gasteiger partial charge >= 0.3 is 0 Å². The van der Waals surface area contributed by atoms with Gasteiger partial charge in [-0.25, -0.2) is 0 Å². The van der Waals surface area contributed by atoms with Crippen LogP contribution in [0.4, 0.5) is 0 Å². The Bertz CT molecular complexity index is 401. The van der Waals surface area contributed by atoms with E-state index in [2.05, 4.69) is 22.1 Å². The van der Waals surface area contributed by atoms with E-state index in [0.29, 0.717) is 6.42 Å². The molecule has 0 aromatic carbocycles. The molecule has 1 aliphatic rings. The summed E-state index contributed by atoms with van der Waals surface area (Å²) in [6.45, 7) is 5.56. The Labute approximate surface area is 121 Å². The highest BCUT2D eigenvalue weighted by molar-refractivity contribution is 5.76. The molecule has 1 saturated heterocycles. The highest BCUT2D eigenvalue weighted by Crippen LogP contribution is 2.15. The Morgan fingerprint density at radius 3 is 2.70 bits per heavy atom. The first-order chi connectivity index (χ1) is 9.79. The molecule has 1 aromatic heterocycles. The standard InChI is InChI=1S/C16H25N3O/c1-2-15(14-7-9-17-10-8-14)18-16(20)6-5-13-19-11-3-4-12-19/h7-10,15H,2-6,11-13H2,1H3,(H,18,20)/t15-/m1/s1. The summed E-state index contributed by atoms with van der Waals surface area (Å²) in [7, 11) is 0. The van der Waals surface area contributed by atoms with Crippen molar-refractivity contribution >= 4 is 5.91 Å². The van der Waals surface area contributed by atoms with Gasteiger partial charge in [0.25, 0.3) is 0 Å². The van der Waals surface area contributed by atoms with Crippen LogP contribution in [0.1, 0.15) is 50.6 Å².